The predicted octanol–water partition coefficient (Wildman–Crippen LogP) is 6.68. The summed E-state index contributed by atoms with van der Waals surface area (Å²) in [7, 11) is 0. The van der Waals surface area contributed by atoms with Gasteiger partial charge in [-0.25, -0.2) is 4.98 Å². The summed E-state index contributed by atoms with van der Waals surface area (Å²) in [5, 5.41) is 4.62. The molecule has 8 aromatic rings. The molecular weight excluding hydrogens is 418 g/mol. The quantitative estimate of drug-likeness (QED) is 0.270. The summed E-state index contributed by atoms with van der Waals surface area (Å²) >= 11 is 0. The molecule has 0 bridgehead atoms. The van der Waals surface area contributed by atoms with Crippen LogP contribution < -0.4 is 0 Å². The van der Waals surface area contributed by atoms with Crippen molar-refractivity contribution in [2.75, 3.05) is 0 Å². The molecule has 0 atom stereocenters. The van der Waals surface area contributed by atoms with Crippen LogP contribution in [0.15, 0.2) is 104 Å². The minimum atomic E-state index is 0.920. The van der Waals surface area contributed by atoms with Crippen LogP contribution in [-0.2, 0) is 0 Å². The number of pyridine rings is 3. The van der Waals surface area contributed by atoms with Crippen LogP contribution in [0.5, 0.6) is 0 Å². The van der Waals surface area contributed by atoms with Crippen molar-refractivity contribution in [1.82, 2.24) is 23.9 Å². The molecule has 5 nitrogen and oxygen atoms in total. The first kappa shape index (κ1) is 17.7. The summed E-state index contributed by atoms with van der Waals surface area (Å²) in [6.07, 6.45) is 5.55. The van der Waals surface area contributed by atoms with Crippen molar-refractivity contribution in [3.63, 3.8) is 0 Å². The summed E-state index contributed by atoms with van der Waals surface area (Å²) in [6, 6.07) is 29.6. The predicted molar refractivity (Wildman–Crippen MR) is 138 cm³/mol. The standard InChI is InChI=1S/C29H17N5/c1-2-7-18(8-3-1)33-23-10-5-4-9-19(23)20-12-13-21-26(28(20)33)29-32-22-14-16-30-17-25(22)34(29)24-11-6-15-31-27(21)24/h1-17H. The molecule has 5 heteroatoms. The van der Waals surface area contributed by atoms with E-state index in [1.807, 2.05) is 24.5 Å². The lowest BCUT2D eigenvalue weighted by atomic mass is 10.0. The van der Waals surface area contributed by atoms with Gasteiger partial charge in [0.25, 0.3) is 0 Å². The number of para-hydroxylation sites is 2. The van der Waals surface area contributed by atoms with Gasteiger partial charge in [0.1, 0.15) is 5.65 Å². The third-order valence-electron chi connectivity index (χ3n) is 6.81. The minimum absolute atomic E-state index is 0.920. The Bertz CT molecular complexity index is 2070. The number of hydrogen-bond donors (Lipinski definition) is 0. The van der Waals surface area contributed by atoms with Gasteiger partial charge in [-0.15, -0.1) is 0 Å². The molecule has 0 unspecified atom stereocenters. The highest BCUT2D eigenvalue weighted by Crippen LogP contribution is 2.40. The van der Waals surface area contributed by atoms with Gasteiger partial charge in [0, 0.05) is 34.2 Å². The van der Waals surface area contributed by atoms with Gasteiger partial charge in [0.2, 0.25) is 0 Å². The Labute approximate surface area is 193 Å². The minimum Gasteiger partial charge on any atom is -0.308 e. The molecule has 5 heterocycles. The fourth-order valence-corrected chi connectivity index (χ4v) is 5.45. The molecule has 0 N–H and O–H groups in total. The molecule has 5 aromatic heterocycles. The summed E-state index contributed by atoms with van der Waals surface area (Å²) in [4.78, 5) is 14.4. The Morgan fingerprint density at radius 2 is 1.44 bits per heavy atom. The van der Waals surface area contributed by atoms with Gasteiger partial charge in [-0.3, -0.25) is 14.4 Å². The average molecular weight is 435 g/mol. The molecule has 8 rings (SSSR count). The van der Waals surface area contributed by atoms with Crippen molar-refractivity contribution in [2.24, 2.45) is 0 Å². The van der Waals surface area contributed by atoms with Crippen molar-refractivity contribution in [2.45, 2.75) is 0 Å². The topological polar surface area (TPSA) is 48.0 Å². The molecule has 0 amide bonds. The van der Waals surface area contributed by atoms with Gasteiger partial charge in [-0.1, -0.05) is 48.5 Å². The van der Waals surface area contributed by atoms with Gasteiger partial charge < -0.3 is 4.57 Å². The lowest BCUT2D eigenvalue weighted by molar-refractivity contribution is 1.18. The zero-order valence-electron chi connectivity index (χ0n) is 18.1. The van der Waals surface area contributed by atoms with Crippen LogP contribution in [0.2, 0.25) is 0 Å². The Kier molecular flexibility index (Phi) is 3.34. The summed E-state index contributed by atoms with van der Waals surface area (Å²) in [6.45, 7) is 0. The van der Waals surface area contributed by atoms with Gasteiger partial charge >= 0.3 is 0 Å². The summed E-state index contributed by atoms with van der Waals surface area (Å²) < 4.78 is 4.57. The SMILES string of the molecule is c1ccc(-n2c3ccccc3c3ccc4c5ncccc5n5c6cnccc6nc5c4c32)cc1. The highest BCUT2D eigenvalue weighted by atomic mass is 15.0. The van der Waals surface area contributed by atoms with Crippen molar-refractivity contribution < 1.29 is 0 Å². The second-order valence-corrected chi connectivity index (χ2v) is 8.58. The van der Waals surface area contributed by atoms with E-state index in [4.69, 9.17) is 9.97 Å². The van der Waals surface area contributed by atoms with Gasteiger partial charge in [-0.05, 0) is 36.4 Å². The molecule has 3 aromatic carbocycles. The number of hydrogen-bond acceptors (Lipinski definition) is 3. The number of imidazole rings is 1. The third kappa shape index (κ3) is 2.16. The van der Waals surface area contributed by atoms with Crippen LogP contribution in [-0.4, -0.2) is 23.9 Å². The summed E-state index contributed by atoms with van der Waals surface area (Å²) in [5.74, 6) is 0. The first-order chi connectivity index (χ1) is 16.9. The van der Waals surface area contributed by atoms with Crippen LogP contribution in [0.1, 0.15) is 0 Å². The molecule has 0 aliphatic rings. The number of fused-ring (bicyclic) bond motifs is 12. The first-order valence-corrected chi connectivity index (χ1v) is 11.3. The molecule has 158 valence electrons. The van der Waals surface area contributed by atoms with E-state index in [1.54, 1.807) is 6.20 Å². The van der Waals surface area contributed by atoms with Gasteiger partial charge in [-0.2, -0.15) is 0 Å². The van der Waals surface area contributed by atoms with Crippen molar-refractivity contribution in [1.29, 1.82) is 0 Å². The van der Waals surface area contributed by atoms with E-state index in [-0.39, 0.29) is 0 Å². The molecule has 0 saturated heterocycles. The lowest BCUT2D eigenvalue weighted by Gasteiger charge is -2.12. The second-order valence-electron chi connectivity index (χ2n) is 8.58. The average Bonchev–Trinajstić information content (AvgIpc) is 3.45. The highest BCUT2D eigenvalue weighted by Gasteiger charge is 2.21. The Morgan fingerprint density at radius 3 is 2.38 bits per heavy atom. The van der Waals surface area contributed by atoms with Crippen LogP contribution in [0.25, 0.3) is 66.0 Å². The van der Waals surface area contributed by atoms with E-state index in [9.17, 15) is 0 Å². The van der Waals surface area contributed by atoms with E-state index < -0.39 is 0 Å². The number of rotatable bonds is 1. The van der Waals surface area contributed by atoms with E-state index in [2.05, 4.69) is 86.7 Å². The van der Waals surface area contributed by atoms with E-state index >= 15 is 0 Å². The maximum absolute atomic E-state index is 5.13. The van der Waals surface area contributed by atoms with Crippen LogP contribution in [0.3, 0.4) is 0 Å². The Morgan fingerprint density at radius 1 is 0.618 bits per heavy atom. The van der Waals surface area contributed by atoms with E-state index in [0.717, 1.165) is 49.7 Å². The fraction of sp³-hybridized carbons (Fsp3) is 0. The van der Waals surface area contributed by atoms with Gasteiger partial charge in [0.15, 0.2) is 0 Å². The Balaban J connectivity index is 1.76. The molecule has 0 aliphatic heterocycles. The fourth-order valence-electron chi connectivity index (χ4n) is 5.45. The number of benzene rings is 3. The maximum atomic E-state index is 5.13. The van der Waals surface area contributed by atoms with Crippen molar-refractivity contribution in [3.05, 3.63) is 104 Å². The molecule has 0 radical (unpaired) electrons. The zero-order valence-corrected chi connectivity index (χ0v) is 18.1. The number of nitrogens with zero attached hydrogens (tertiary/aromatic N) is 5. The molecule has 0 spiro atoms. The summed E-state index contributed by atoms with van der Waals surface area (Å²) in [5.41, 5.74) is 8.26. The molecule has 0 fully saturated rings. The molecule has 0 saturated carbocycles. The monoisotopic (exact) mass is 435 g/mol. The smallest absolute Gasteiger partial charge is 0.148 e. The zero-order chi connectivity index (χ0) is 22.2. The highest BCUT2D eigenvalue weighted by molar-refractivity contribution is 6.26. The maximum Gasteiger partial charge on any atom is 0.148 e. The molecule has 34 heavy (non-hydrogen) atoms. The van der Waals surface area contributed by atoms with Crippen molar-refractivity contribution >= 4 is 60.3 Å². The Hall–Kier alpha value is -4.77. The first-order valence-electron chi connectivity index (χ1n) is 11.3. The normalized spacial score (nSPS) is 12.1. The van der Waals surface area contributed by atoms with Crippen molar-refractivity contribution in [3.8, 4) is 5.69 Å². The van der Waals surface area contributed by atoms with Gasteiger partial charge in [0.05, 0.1) is 44.7 Å². The number of aromatic nitrogens is 5. The molecular formula is C29H17N5. The van der Waals surface area contributed by atoms with E-state index in [0.29, 0.717) is 0 Å². The second kappa shape index (κ2) is 6.39. The van der Waals surface area contributed by atoms with E-state index in [1.165, 1.54) is 16.3 Å². The van der Waals surface area contributed by atoms with Crippen LogP contribution >= 0.6 is 0 Å². The molecule has 0 aliphatic carbocycles. The lowest BCUT2D eigenvalue weighted by Crippen LogP contribution is -1.97. The third-order valence-corrected chi connectivity index (χ3v) is 6.81. The largest absolute Gasteiger partial charge is 0.308 e. The van der Waals surface area contributed by atoms with Crippen LogP contribution in [0, 0.1) is 0 Å². The van der Waals surface area contributed by atoms with Crippen LogP contribution in [0.4, 0.5) is 0 Å².